The molecular weight excluding hydrogens is 531 g/mol. The molecule has 1 heterocycles. The van der Waals surface area contributed by atoms with E-state index in [1.807, 2.05) is 25.1 Å². The molecule has 0 bridgehead atoms. The summed E-state index contributed by atoms with van der Waals surface area (Å²) in [5.74, 6) is 1.92. The quantitative estimate of drug-likeness (QED) is 0.228. The van der Waals surface area contributed by atoms with Crippen LogP contribution in [0.2, 0.25) is 0 Å². The molecule has 176 valence electrons. The van der Waals surface area contributed by atoms with Crippen molar-refractivity contribution in [3.8, 4) is 5.75 Å². The van der Waals surface area contributed by atoms with Crippen LogP contribution in [0.5, 0.6) is 5.75 Å². The first-order chi connectivity index (χ1) is 14.4. The third kappa shape index (κ3) is 8.74. The molecule has 0 amide bonds. The van der Waals surface area contributed by atoms with Gasteiger partial charge in [-0.05, 0) is 37.3 Å². The fourth-order valence-corrected chi connectivity index (χ4v) is 4.42. The maximum atomic E-state index is 12.1. The van der Waals surface area contributed by atoms with Crippen LogP contribution < -0.4 is 20.1 Å². The number of halogens is 1. The van der Waals surface area contributed by atoms with Crippen molar-refractivity contribution in [3.63, 3.8) is 0 Å². The van der Waals surface area contributed by atoms with Crippen LogP contribution in [0.4, 0.5) is 0 Å². The van der Waals surface area contributed by atoms with Gasteiger partial charge in [0, 0.05) is 38.7 Å². The lowest BCUT2D eigenvalue weighted by Gasteiger charge is -2.25. The number of rotatable bonds is 10. The minimum atomic E-state index is -3.28. The van der Waals surface area contributed by atoms with Crippen LogP contribution in [0, 0.1) is 12.8 Å². The van der Waals surface area contributed by atoms with Crippen LogP contribution in [-0.4, -0.2) is 59.6 Å². The number of guanidine groups is 1. The van der Waals surface area contributed by atoms with E-state index in [-0.39, 0.29) is 42.4 Å². The van der Waals surface area contributed by atoms with Crippen molar-refractivity contribution >= 4 is 40.0 Å². The van der Waals surface area contributed by atoms with E-state index in [1.165, 1.54) is 6.42 Å². The Morgan fingerprint density at radius 2 is 2.06 bits per heavy atom. The molecule has 0 radical (unpaired) electrons. The van der Waals surface area contributed by atoms with Gasteiger partial charge in [0.05, 0.1) is 19.0 Å². The Hall–Kier alpha value is -1.11. The summed E-state index contributed by atoms with van der Waals surface area (Å²) in [7, 11) is -1.61. The number of nitrogens with zero attached hydrogens (tertiary/aromatic N) is 1. The van der Waals surface area contributed by atoms with Crippen molar-refractivity contribution in [1.29, 1.82) is 0 Å². The molecule has 2 fully saturated rings. The average molecular weight is 567 g/mol. The standard InChI is InChI=1S/C21H34N4O4S.HI/c1-16-6-7-18(20(12-16)29-19-8-10-28-15-19)14-24-21(22-2)23-9-11-30(26,27)25-13-17-4-3-5-17;/h6-7,12,17,19,25H,3-5,8-11,13-15H2,1-2H3,(H2,22,23,24);1H. The van der Waals surface area contributed by atoms with Crippen molar-refractivity contribution in [2.45, 2.75) is 45.3 Å². The van der Waals surface area contributed by atoms with Gasteiger partial charge in [0.15, 0.2) is 5.96 Å². The number of aryl methyl sites for hydroxylation is 1. The van der Waals surface area contributed by atoms with Gasteiger partial charge in [0.25, 0.3) is 0 Å². The second-order valence-electron chi connectivity index (χ2n) is 8.03. The van der Waals surface area contributed by atoms with E-state index in [2.05, 4.69) is 20.3 Å². The van der Waals surface area contributed by atoms with Gasteiger partial charge < -0.3 is 20.1 Å². The van der Waals surface area contributed by atoms with Crippen LogP contribution >= 0.6 is 24.0 Å². The maximum Gasteiger partial charge on any atom is 0.213 e. The van der Waals surface area contributed by atoms with Crippen LogP contribution in [0.3, 0.4) is 0 Å². The van der Waals surface area contributed by atoms with Gasteiger partial charge >= 0.3 is 0 Å². The highest BCUT2D eigenvalue weighted by Crippen LogP contribution is 2.25. The summed E-state index contributed by atoms with van der Waals surface area (Å²) >= 11 is 0. The number of benzene rings is 1. The second kappa shape index (κ2) is 12.8. The summed E-state index contributed by atoms with van der Waals surface area (Å²) in [6, 6.07) is 6.12. The summed E-state index contributed by atoms with van der Waals surface area (Å²) in [5, 5.41) is 6.31. The Morgan fingerprint density at radius 3 is 2.71 bits per heavy atom. The highest BCUT2D eigenvalue weighted by Gasteiger charge is 2.20. The largest absolute Gasteiger partial charge is 0.488 e. The molecule has 1 aliphatic carbocycles. The number of hydrogen-bond acceptors (Lipinski definition) is 5. The van der Waals surface area contributed by atoms with E-state index in [0.29, 0.717) is 31.6 Å². The Morgan fingerprint density at radius 1 is 1.26 bits per heavy atom. The first-order valence-corrected chi connectivity index (χ1v) is 12.4. The number of aliphatic imine (C=N–C) groups is 1. The van der Waals surface area contributed by atoms with E-state index in [1.54, 1.807) is 7.05 Å². The van der Waals surface area contributed by atoms with Crippen molar-refractivity contribution < 1.29 is 17.9 Å². The zero-order chi connectivity index (χ0) is 21.4. The predicted molar refractivity (Wildman–Crippen MR) is 134 cm³/mol. The van der Waals surface area contributed by atoms with Crippen LogP contribution in [0.25, 0.3) is 0 Å². The molecule has 1 saturated carbocycles. The zero-order valence-corrected chi connectivity index (χ0v) is 21.5. The smallest absolute Gasteiger partial charge is 0.213 e. The summed E-state index contributed by atoms with van der Waals surface area (Å²) in [4.78, 5) is 4.19. The van der Waals surface area contributed by atoms with Crippen LogP contribution in [0.1, 0.15) is 36.8 Å². The van der Waals surface area contributed by atoms with Gasteiger partial charge in [-0.2, -0.15) is 0 Å². The fourth-order valence-electron chi connectivity index (χ4n) is 3.42. The van der Waals surface area contributed by atoms with E-state index < -0.39 is 10.0 Å². The third-order valence-electron chi connectivity index (χ3n) is 5.55. The lowest BCUT2D eigenvalue weighted by Crippen LogP contribution is -2.41. The molecule has 1 unspecified atom stereocenters. The first-order valence-electron chi connectivity index (χ1n) is 10.7. The molecule has 1 aromatic carbocycles. The summed E-state index contributed by atoms with van der Waals surface area (Å²) in [6.07, 6.45) is 4.43. The van der Waals surface area contributed by atoms with E-state index in [9.17, 15) is 8.42 Å². The molecule has 1 saturated heterocycles. The van der Waals surface area contributed by atoms with Gasteiger partial charge in [0.2, 0.25) is 10.0 Å². The molecule has 1 aliphatic heterocycles. The van der Waals surface area contributed by atoms with Crippen molar-refractivity contribution in [3.05, 3.63) is 29.3 Å². The Balaban J connectivity index is 0.00000341. The van der Waals surface area contributed by atoms with Gasteiger partial charge in [-0.15, -0.1) is 24.0 Å². The molecule has 1 atom stereocenters. The Kier molecular flexibility index (Phi) is 10.8. The summed E-state index contributed by atoms with van der Waals surface area (Å²) in [5.41, 5.74) is 2.15. The average Bonchev–Trinajstić information content (AvgIpc) is 3.17. The Labute approximate surface area is 203 Å². The maximum absolute atomic E-state index is 12.1. The van der Waals surface area contributed by atoms with Gasteiger partial charge in [-0.1, -0.05) is 18.6 Å². The van der Waals surface area contributed by atoms with Crippen LogP contribution in [0.15, 0.2) is 23.2 Å². The normalized spacial score (nSPS) is 19.4. The van der Waals surface area contributed by atoms with Crippen molar-refractivity contribution in [2.75, 3.05) is 39.1 Å². The zero-order valence-electron chi connectivity index (χ0n) is 18.4. The molecule has 3 rings (SSSR count). The Bertz CT molecular complexity index is 825. The van der Waals surface area contributed by atoms with Gasteiger partial charge in [-0.25, -0.2) is 13.1 Å². The third-order valence-corrected chi connectivity index (χ3v) is 6.90. The minimum absolute atomic E-state index is 0. The van der Waals surface area contributed by atoms with E-state index in [4.69, 9.17) is 9.47 Å². The summed E-state index contributed by atoms with van der Waals surface area (Å²) in [6.45, 7) is 4.75. The second-order valence-corrected chi connectivity index (χ2v) is 9.96. The van der Waals surface area contributed by atoms with E-state index >= 15 is 0 Å². The number of sulfonamides is 1. The predicted octanol–water partition coefficient (Wildman–Crippen LogP) is 2.17. The fraction of sp³-hybridized carbons (Fsp3) is 0.667. The molecule has 1 aromatic rings. The lowest BCUT2D eigenvalue weighted by molar-refractivity contribution is 0.140. The molecular formula is C21H35IN4O4S. The number of nitrogens with one attached hydrogen (secondary N) is 3. The van der Waals surface area contributed by atoms with Crippen molar-refractivity contribution in [2.24, 2.45) is 10.9 Å². The topological polar surface area (TPSA) is 101 Å². The molecule has 3 N–H and O–H groups in total. The SMILES string of the molecule is CN=C(NCCS(=O)(=O)NCC1CCC1)NCc1ccc(C)cc1OC1CCOC1.I. The highest BCUT2D eigenvalue weighted by atomic mass is 127. The molecule has 0 spiro atoms. The highest BCUT2D eigenvalue weighted by molar-refractivity contribution is 14.0. The van der Waals surface area contributed by atoms with Gasteiger partial charge in [-0.3, -0.25) is 4.99 Å². The molecule has 8 nitrogen and oxygen atoms in total. The monoisotopic (exact) mass is 566 g/mol. The number of hydrogen-bond donors (Lipinski definition) is 3. The lowest BCUT2D eigenvalue weighted by atomic mass is 9.86. The molecule has 10 heteroatoms. The molecule has 31 heavy (non-hydrogen) atoms. The molecule has 2 aliphatic rings. The van der Waals surface area contributed by atoms with Crippen molar-refractivity contribution in [1.82, 2.24) is 15.4 Å². The number of ether oxygens (including phenoxy) is 2. The minimum Gasteiger partial charge on any atom is -0.488 e. The first kappa shape index (κ1) is 26.1. The van der Waals surface area contributed by atoms with Crippen LogP contribution in [-0.2, 0) is 21.3 Å². The molecule has 0 aromatic heterocycles. The van der Waals surface area contributed by atoms with E-state index in [0.717, 1.165) is 42.7 Å². The van der Waals surface area contributed by atoms with Gasteiger partial charge in [0.1, 0.15) is 11.9 Å². The summed E-state index contributed by atoms with van der Waals surface area (Å²) < 4.78 is 38.5.